The number of carbonyl (C=O) groups is 1. The number of fused-ring (bicyclic) bond motifs is 1. The fourth-order valence-corrected chi connectivity index (χ4v) is 3.09. The highest BCUT2D eigenvalue weighted by atomic mass is 19.1. The predicted octanol–water partition coefficient (Wildman–Crippen LogP) is 2.15. The Balaban J connectivity index is 1.63. The summed E-state index contributed by atoms with van der Waals surface area (Å²) in [5.41, 5.74) is 1.01. The standard InChI is InChI=1S/C17H22FN3O2/c1-11(21-6-7-23-10-12(21)2)9-19-17(22)16-8-13-14(18)4-3-5-15(13)20-16/h3-5,8,11-12,20H,6-7,9-10H2,1-2H3,(H,19,22)/t11-,12-/m1/s1. The Morgan fingerprint density at radius 2 is 2.39 bits per heavy atom. The van der Waals surface area contributed by atoms with Crippen LogP contribution in [0.2, 0.25) is 0 Å². The third-order valence-corrected chi connectivity index (χ3v) is 4.40. The number of benzene rings is 1. The Kier molecular flexibility index (Phi) is 4.63. The number of aromatic amines is 1. The molecule has 2 aromatic rings. The first-order valence-corrected chi connectivity index (χ1v) is 7.95. The van der Waals surface area contributed by atoms with E-state index in [9.17, 15) is 9.18 Å². The van der Waals surface area contributed by atoms with E-state index in [1.54, 1.807) is 18.2 Å². The third kappa shape index (κ3) is 3.38. The number of rotatable bonds is 4. The van der Waals surface area contributed by atoms with E-state index < -0.39 is 0 Å². The molecule has 2 heterocycles. The quantitative estimate of drug-likeness (QED) is 0.908. The van der Waals surface area contributed by atoms with Crippen LogP contribution in [0, 0.1) is 5.82 Å². The van der Waals surface area contributed by atoms with Crippen LogP contribution >= 0.6 is 0 Å². The molecule has 0 aliphatic carbocycles. The normalized spacial score (nSPS) is 20.6. The molecule has 0 radical (unpaired) electrons. The second kappa shape index (κ2) is 6.68. The average molecular weight is 319 g/mol. The minimum Gasteiger partial charge on any atom is -0.379 e. The zero-order chi connectivity index (χ0) is 16.4. The molecule has 6 heteroatoms. The molecule has 0 bridgehead atoms. The Hall–Kier alpha value is -1.92. The van der Waals surface area contributed by atoms with Crippen LogP contribution in [0.1, 0.15) is 24.3 Å². The number of morpholine rings is 1. The predicted molar refractivity (Wildman–Crippen MR) is 87.0 cm³/mol. The van der Waals surface area contributed by atoms with Gasteiger partial charge < -0.3 is 15.0 Å². The molecule has 1 aliphatic heterocycles. The summed E-state index contributed by atoms with van der Waals surface area (Å²) in [6.45, 7) is 7.07. The van der Waals surface area contributed by atoms with Gasteiger partial charge in [-0.3, -0.25) is 9.69 Å². The van der Waals surface area contributed by atoms with Gasteiger partial charge in [0.1, 0.15) is 11.5 Å². The largest absolute Gasteiger partial charge is 0.379 e. The molecule has 1 saturated heterocycles. The van der Waals surface area contributed by atoms with Crippen molar-refractivity contribution in [3.05, 3.63) is 35.8 Å². The fourth-order valence-electron chi connectivity index (χ4n) is 3.09. The van der Waals surface area contributed by atoms with Gasteiger partial charge in [0.25, 0.3) is 5.91 Å². The molecule has 1 fully saturated rings. The van der Waals surface area contributed by atoms with E-state index in [1.807, 2.05) is 0 Å². The van der Waals surface area contributed by atoms with Crippen molar-refractivity contribution in [2.75, 3.05) is 26.3 Å². The molecule has 0 unspecified atom stereocenters. The van der Waals surface area contributed by atoms with E-state index in [0.717, 1.165) is 19.8 Å². The van der Waals surface area contributed by atoms with Gasteiger partial charge in [0.2, 0.25) is 0 Å². The molecule has 5 nitrogen and oxygen atoms in total. The molecular weight excluding hydrogens is 297 g/mol. The van der Waals surface area contributed by atoms with Crippen LogP contribution < -0.4 is 5.32 Å². The number of hydrogen-bond donors (Lipinski definition) is 2. The highest BCUT2D eigenvalue weighted by molar-refractivity contribution is 5.98. The van der Waals surface area contributed by atoms with E-state index >= 15 is 0 Å². The summed E-state index contributed by atoms with van der Waals surface area (Å²) in [6, 6.07) is 6.89. The number of amides is 1. The van der Waals surface area contributed by atoms with Crippen molar-refractivity contribution in [2.45, 2.75) is 25.9 Å². The monoisotopic (exact) mass is 319 g/mol. The lowest BCUT2D eigenvalue weighted by Crippen LogP contribution is -2.51. The van der Waals surface area contributed by atoms with Crippen LogP contribution in [0.3, 0.4) is 0 Å². The van der Waals surface area contributed by atoms with Crippen LogP contribution in [0.15, 0.2) is 24.3 Å². The summed E-state index contributed by atoms with van der Waals surface area (Å²) in [6.07, 6.45) is 0. The molecule has 1 aromatic carbocycles. The molecule has 1 aliphatic rings. The second-order valence-electron chi connectivity index (χ2n) is 6.10. The molecule has 23 heavy (non-hydrogen) atoms. The number of halogens is 1. The smallest absolute Gasteiger partial charge is 0.267 e. The first-order chi connectivity index (χ1) is 11.1. The number of hydrogen-bond acceptors (Lipinski definition) is 3. The Labute approximate surface area is 134 Å². The zero-order valence-electron chi connectivity index (χ0n) is 13.4. The van der Waals surface area contributed by atoms with Crippen LogP contribution in [0.4, 0.5) is 4.39 Å². The lowest BCUT2D eigenvalue weighted by atomic mass is 10.2. The fraction of sp³-hybridized carbons (Fsp3) is 0.471. The van der Waals surface area contributed by atoms with Crippen molar-refractivity contribution < 1.29 is 13.9 Å². The van der Waals surface area contributed by atoms with Crippen molar-refractivity contribution in [3.8, 4) is 0 Å². The van der Waals surface area contributed by atoms with Crippen molar-refractivity contribution >= 4 is 16.8 Å². The van der Waals surface area contributed by atoms with E-state index in [-0.39, 0.29) is 17.8 Å². The van der Waals surface area contributed by atoms with Gasteiger partial charge in [-0.25, -0.2) is 4.39 Å². The van der Waals surface area contributed by atoms with Gasteiger partial charge in [0.15, 0.2) is 0 Å². The van der Waals surface area contributed by atoms with E-state index in [4.69, 9.17) is 4.74 Å². The van der Waals surface area contributed by atoms with Gasteiger partial charge in [-0.05, 0) is 32.0 Å². The molecule has 1 amide bonds. The molecule has 2 N–H and O–H groups in total. The van der Waals surface area contributed by atoms with E-state index in [1.165, 1.54) is 6.07 Å². The SMILES string of the molecule is C[C@H](CNC(=O)c1cc2c(F)cccc2[nH]1)N1CCOC[C@H]1C. The minimum absolute atomic E-state index is 0.214. The Morgan fingerprint density at radius 3 is 3.13 bits per heavy atom. The molecule has 124 valence electrons. The van der Waals surface area contributed by atoms with E-state index in [2.05, 4.69) is 29.0 Å². The maximum absolute atomic E-state index is 13.7. The molecule has 2 atom stereocenters. The number of nitrogens with zero attached hydrogens (tertiary/aromatic N) is 1. The Bertz CT molecular complexity index is 700. The van der Waals surface area contributed by atoms with Gasteiger partial charge >= 0.3 is 0 Å². The summed E-state index contributed by atoms with van der Waals surface area (Å²) < 4.78 is 19.1. The topological polar surface area (TPSA) is 57.4 Å². The second-order valence-corrected chi connectivity index (χ2v) is 6.10. The number of aromatic nitrogens is 1. The highest BCUT2D eigenvalue weighted by Gasteiger charge is 2.24. The molecule has 3 rings (SSSR count). The highest BCUT2D eigenvalue weighted by Crippen LogP contribution is 2.18. The lowest BCUT2D eigenvalue weighted by molar-refractivity contribution is -0.0178. The van der Waals surface area contributed by atoms with Gasteiger partial charge in [-0.15, -0.1) is 0 Å². The van der Waals surface area contributed by atoms with Crippen molar-refractivity contribution in [2.24, 2.45) is 0 Å². The van der Waals surface area contributed by atoms with Gasteiger partial charge in [0.05, 0.1) is 13.2 Å². The van der Waals surface area contributed by atoms with Crippen LogP contribution in [0.5, 0.6) is 0 Å². The summed E-state index contributed by atoms with van der Waals surface area (Å²) in [5.74, 6) is -0.540. The van der Waals surface area contributed by atoms with Crippen LogP contribution in [0.25, 0.3) is 10.9 Å². The summed E-state index contributed by atoms with van der Waals surface area (Å²) >= 11 is 0. The number of carbonyl (C=O) groups excluding carboxylic acids is 1. The first kappa shape index (κ1) is 16.0. The lowest BCUT2D eigenvalue weighted by Gasteiger charge is -2.37. The maximum atomic E-state index is 13.7. The molecular formula is C17H22FN3O2. The zero-order valence-corrected chi connectivity index (χ0v) is 13.4. The minimum atomic E-state index is -0.326. The Morgan fingerprint density at radius 1 is 1.57 bits per heavy atom. The maximum Gasteiger partial charge on any atom is 0.267 e. The van der Waals surface area contributed by atoms with Gasteiger partial charge in [-0.1, -0.05) is 6.07 Å². The van der Waals surface area contributed by atoms with E-state index in [0.29, 0.717) is 29.2 Å². The number of H-pyrrole nitrogens is 1. The van der Waals surface area contributed by atoms with Gasteiger partial charge in [0, 0.05) is 36.1 Å². The number of nitrogens with one attached hydrogen (secondary N) is 2. The average Bonchev–Trinajstić information content (AvgIpc) is 2.98. The third-order valence-electron chi connectivity index (χ3n) is 4.40. The molecule has 0 saturated carbocycles. The van der Waals surface area contributed by atoms with Crippen LogP contribution in [-0.2, 0) is 4.74 Å². The first-order valence-electron chi connectivity index (χ1n) is 7.95. The molecule has 0 spiro atoms. The van der Waals surface area contributed by atoms with Gasteiger partial charge in [-0.2, -0.15) is 0 Å². The van der Waals surface area contributed by atoms with Crippen molar-refractivity contribution in [1.82, 2.24) is 15.2 Å². The summed E-state index contributed by atoms with van der Waals surface area (Å²) in [7, 11) is 0. The summed E-state index contributed by atoms with van der Waals surface area (Å²) in [5, 5.41) is 3.36. The number of ether oxygens (including phenoxy) is 1. The van der Waals surface area contributed by atoms with Crippen molar-refractivity contribution in [3.63, 3.8) is 0 Å². The van der Waals surface area contributed by atoms with Crippen molar-refractivity contribution in [1.29, 1.82) is 0 Å². The summed E-state index contributed by atoms with van der Waals surface area (Å²) in [4.78, 5) is 17.6. The molecule has 1 aromatic heterocycles. The van der Waals surface area contributed by atoms with Crippen LogP contribution in [-0.4, -0.2) is 54.2 Å².